The van der Waals surface area contributed by atoms with Crippen molar-refractivity contribution in [2.75, 3.05) is 7.11 Å². The molecule has 0 spiro atoms. The van der Waals surface area contributed by atoms with Crippen molar-refractivity contribution in [3.8, 4) is 28.5 Å². The van der Waals surface area contributed by atoms with Crippen molar-refractivity contribution in [3.63, 3.8) is 0 Å². The van der Waals surface area contributed by atoms with Gasteiger partial charge in [-0.15, -0.1) is 0 Å². The van der Waals surface area contributed by atoms with Crippen LogP contribution in [0.3, 0.4) is 0 Å². The number of H-pyrrole nitrogens is 1. The highest BCUT2D eigenvalue weighted by atomic mass is 35.5. The number of rotatable bonds is 4. The van der Waals surface area contributed by atoms with Gasteiger partial charge in [0.2, 0.25) is 11.6 Å². The summed E-state index contributed by atoms with van der Waals surface area (Å²) in [6.07, 6.45) is -3.53. The molecule has 0 aliphatic heterocycles. The molecule has 3 rings (SSSR count). The minimum absolute atomic E-state index is 0.00696. The van der Waals surface area contributed by atoms with Crippen LogP contribution in [-0.2, 0) is 6.18 Å². The van der Waals surface area contributed by atoms with Gasteiger partial charge in [0.15, 0.2) is 17.0 Å². The summed E-state index contributed by atoms with van der Waals surface area (Å²) in [5, 5.41) is -0.637. The fraction of sp³-hybridized carbons (Fsp3) is 0.105. The Kier molecular flexibility index (Phi) is 5.52. The summed E-state index contributed by atoms with van der Waals surface area (Å²) in [7, 11) is 1.04. The summed E-state index contributed by atoms with van der Waals surface area (Å²) >= 11 is 5.78. The minimum atomic E-state index is -4.81. The summed E-state index contributed by atoms with van der Waals surface area (Å²) in [6.45, 7) is 0. The first-order chi connectivity index (χ1) is 13.6. The lowest BCUT2D eigenvalue weighted by Crippen LogP contribution is -2.07. The van der Waals surface area contributed by atoms with Gasteiger partial charge in [-0.2, -0.15) is 17.6 Å². The van der Waals surface area contributed by atoms with Crippen molar-refractivity contribution in [2.45, 2.75) is 6.18 Å². The normalized spacial score (nSPS) is 11.4. The quantitative estimate of drug-likeness (QED) is 0.532. The van der Waals surface area contributed by atoms with Gasteiger partial charge in [-0.05, 0) is 24.3 Å². The van der Waals surface area contributed by atoms with Crippen LogP contribution in [0.2, 0.25) is 5.02 Å². The number of halogens is 6. The molecule has 0 unspecified atom stereocenters. The Morgan fingerprint density at radius 1 is 1.03 bits per heavy atom. The number of aromatic nitrogens is 1. The largest absolute Gasteiger partial charge is 0.490 e. The zero-order valence-electron chi connectivity index (χ0n) is 14.5. The average Bonchev–Trinajstić information content (AvgIpc) is 2.65. The van der Waals surface area contributed by atoms with E-state index in [0.717, 1.165) is 31.4 Å². The molecule has 152 valence electrons. The summed E-state index contributed by atoms with van der Waals surface area (Å²) < 4.78 is 77.5. The van der Waals surface area contributed by atoms with E-state index in [-0.39, 0.29) is 17.0 Å². The van der Waals surface area contributed by atoms with Gasteiger partial charge in [0.05, 0.1) is 23.4 Å². The third-order valence-corrected chi connectivity index (χ3v) is 4.19. The van der Waals surface area contributed by atoms with Crippen LogP contribution < -0.4 is 14.9 Å². The van der Waals surface area contributed by atoms with Crippen molar-refractivity contribution in [1.29, 1.82) is 0 Å². The molecule has 29 heavy (non-hydrogen) atoms. The van der Waals surface area contributed by atoms with Crippen LogP contribution in [0.15, 0.2) is 47.4 Å². The highest BCUT2D eigenvalue weighted by Crippen LogP contribution is 2.44. The molecular weight excluding hydrogens is 421 g/mol. The van der Waals surface area contributed by atoms with Gasteiger partial charge in [0, 0.05) is 23.9 Å². The molecule has 3 aromatic rings. The summed E-state index contributed by atoms with van der Waals surface area (Å²) in [5.74, 6) is -4.02. The minimum Gasteiger partial charge on any atom is -0.490 e. The van der Waals surface area contributed by atoms with Crippen LogP contribution in [0.4, 0.5) is 22.0 Å². The van der Waals surface area contributed by atoms with Crippen LogP contribution in [0, 0.1) is 11.6 Å². The van der Waals surface area contributed by atoms with Crippen LogP contribution in [0.5, 0.6) is 17.2 Å². The highest BCUT2D eigenvalue weighted by Gasteiger charge is 2.35. The SMILES string of the molecule is COc1c(Oc2cc(C(F)(F)F)c(Cl)cc2-c2cc(=O)cc[nH]2)ccc(F)c1F. The number of nitrogens with one attached hydrogen (secondary N) is 1. The van der Waals surface area contributed by atoms with E-state index >= 15 is 0 Å². The third kappa shape index (κ3) is 4.19. The fourth-order valence-electron chi connectivity index (χ4n) is 2.57. The molecule has 2 aromatic carbocycles. The van der Waals surface area contributed by atoms with Crippen LogP contribution in [-0.4, -0.2) is 12.1 Å². The number of pyridine rings is 1. The number of ether oxygens (including phenoxy) is 2. The van der Waals surface area contributed by atoms with Gasteiger partial charge in [0.25, 0.3) is 0 Å². The molecule has 0 atom stereocenters. The molecule has 1 aromatic heterocycles. The summed E-state index contributed by atoms with van der Waals surface area (Å²) in [6, 6.07) is 5.61. The standard InChI is InChI=1S/C19H11ClF5NO3/c1-28-18-15(3-2-13(21)17(18)22)29-16-8-11(19(23,24)25)12(20)7-10(16)14-6-9(27)4-5-26-14/h2-8H,1H3,(H,26,27). The van der Waals surface area contributed by atoms with E-state index in [2.05, 4.69) is 4.98 Å². The molecule has 1 N–H and O–H groups in total. The fourth-order valence-corrected chi connectivity index (χ4v) is 2.84. The van der Waals surface area contributed by atoms with Gasteiger partial charge in [-0.1, -0.05) is 11.6 Å². The van der Waals surface area contributed by atoms with E-state index in [1.165, 1.54) is 12.3 Å². The molecular formula is C19H11ClF5NO3. The highest BCUT2D eigenvalue weighted by molar-refractivity contribution is 6.31. The van der Waals surface area contributed by atoms with Crippen molar-refractivity contribution in [1.82, 2.24) is 4.98 Å². The molecule has 0 amide bonds. The van der Waals surface area contributed by atoms with Gasteiger partial charge in [-0.3, -0.25) is 4.79 Å². The topological polar surface area (TPSA) is 51.3 Å². The Labute approximate surface area is 165 Å². The zero-order chi connectivity index (χ0) is 21.3. The molecule has 0 saturated heterocycles. The number of hydrogen-bond donors (Lipinski definition) is 1. The maximum Gasteiger partial charge on any atom is 0.417 e. The summed E-state index contributed by atoms with van der Waals surface area (Å²) in [4.78, 5) is 14.3. The lowest BCUT2D eigenvalue weighted by Gasteiger charge is -2.17. The van der Waals surface area contributed by atoms with Crippen molar-refractivity contribution in [2.24, 2.45) is 0 Å². The first kappa shape index (κ1) is 20.7. The Balaban J connectivity index is 2.23. The third-order valence-electron chi connectivity index (χ3n) is 3.88. The second-order valence-corrected chi connectivity index (χ2v) is 6.17. The average molecular weight is 432 g/mol. The molecule has 0 bridgehead atoms. The summed E-state index contributed by atoms with van der Waals surface area (Å²) in [5.41, 5.74) is -1.54. The van der Waals surface area contributed by atoms with Gasteiger partial charge < -0.3 is 14.5 Å². The number of benzene rings is 2. The number of alkyl halides is 3. The van der Waals surface area contributed by atoms with E-state index in [4.69, 9.17) is 21.1 Å². The smallest absolute Gasteiger partial charge is 0.417 e. The molecule has 0 saturated carbocycles. The molecule has 0 radical (unpaired) electrons. The van der Waals surface area contributed by atoms with Crippen LogP contribution in [0.25, 0.3) is 11.3 Å². The van der Waals surface area contributed by atoms with Gasteiger partial charge in [0.1, 0.15) is 5.75 Å². The Hall–Kier alpha value is -3.07. The monoisotopic (exact) mass is 431 g/mol. The molecule has 0 fully saturated rings. The van der Waals surface area contributed by atoms with Crippen molar-refractivity contribution in [3.05, 3.63) is 75.0 Å². The molecule has 4 nitrogen and oxygen atoms in total. The lowest BCUT2D eigenvalue weighted by atomic mass is 10.1. The first-order valence-corrected chi connectivity index (χ1v) is 8.29. The number of aromatic amines is 1. The lowest BCUT2D eigenvalue weighted by molar-refractivity contribution is -0.137. The van der Waals surface area contributed by atoms with E-state index in [1.54, 1.807) is 0 Å². The second-order valence-electron chi connectivity index (χ2n) is 5.76. The zero-order valence-corrected chi connectivity index (χ0v) is 15.3. The van der Waals surface area contributed by atoms with E-state index < -0.39 is 45.3 Å². The predicted octanol–water partition coefficient (Wildman–Crippen LogP) is 5.79. The van der Waals surface area contributed by atoms with Gasteiger partial charge in [-0.25, -0.2) is 4.39 Å². The predicted molar refractivity (Wildman–Crippen MR) is 95.5 cm³/mol. The van der Waals surface area contributed by atoms with E-state index in [0.29, 0.717) is 6.07 Å². The van der Waals surface area contributed by atoms with Crippen molar-refractivity contribution >= 4 is 11.6 Å². The van der Waals surface area contributed by atoms with Crippen molar-refractivity contribution < 1.29 is 31.4 Å². The Morgan fingerprint density at radius 2 is 1.76 bits per heavy atom. The second kappa shape index (κ2) is 7.75. The van der Waals surface area contributed by atoms with Crippen LogP contribution >= 0.6 is 11.6 Å². The number of hydrogen-bond acceptors (Lipinski definition) is 3. The van der Waals surface area contributed by atoms with Gasteiger partial charge >= 0.3 is 6.18 Å². The molecule has 10 heteroatoms. The Morgan fingerprint density at radius 3 is 2.38 bits per heavy atom. The van der Waals surface area contributed by atoms with Crippen LogP contribution in [0.1, 0.15) is 5.56 Å². The van der Waals surface area contributed by atoms with E-state index in [1.807, 2.05) is 0 Å². The maximum atomic E-state index is 13.9. The molecule has 0 aliphatic carbocycles. The maximum absolute atomic E-state index is 13.9. The number of methoxy groups -OCH3 is 1. The molecule has 0 aliphatic rings. The first-order valence-electron chi connectivity index (χ1n) is 7.91. The van der Waals surface area contributed by atoms with E-state index in [9.17, 15) is 26.7 Å². The Bertz CT molecular complexity index is 1130. The molecule has 1 heterocycles.